The molecule has 2 unspecified atom stereocenters. The third-order valence-corrected chi connectivity index (χ3v) is 15.6. The molecule has 0 spiro atoms. The van der Waals surface area contributed by atoms with Gasteiger partial charge in [0.05, 0.1) is 21.1 Å². The highest BCUT2D eigenvalue weighted by Crippen LogP contribution is 2.46. The van der Waals surface area contributed by atoms with Crippen LogP contribution in [-0.2, 0) is 53.2 Å². The first kappa shape index (κ1) is 39.6. The molecule has 55 heavy (non-hydrogen) atoms. The molecule has 17 nitrogen and oxygen atoms in total. The molecule has 7 rings (SSSR count). The summed E-state index contributed by atoms with van der Waals surface area (Å²) in [6, 6.07) is 8.44. The van der Waals surface area contributed by atoms with Crippen LogP contribution in [0, 0.1) is 11.3 Å². The standard InChI is InChI=1S/C22H25N5O4S.C14H19N3O5S/c1-14-10-17-18(20(28)24-12-16-6-4-15(11-23)5-7-16)25-26(2)19(17)21(29)27(14)13-22(8-9-22)32(3,30)31;1-8-6-9-10(13(19)20)15-16(2)11(9)12(18)17(8)7-14(4-5-14)23(3,21)22/h4-7,14H,8-10,12-13H2,1-3H3,(H,24,28);8H,4-7H2,1-3H3,(H,19,20). The minimum atomic E-state index is -3.27. The van der Waals surface area contributed by atoms with Crippen molar-refractivity contribution in [3.05, 3.63) is 69.3 Å². The highest BCUT2D eigenvalue weighted by Gasteiger charge is 2.56. The molecule has 4 aliphatic rings. The zero-order chi connectivity index (χ0) is 40.4. The Morgan fingerprint density at radius 3 is 1.62 bits per heavy atom. The van der Waals surface area contributed by atoms with E-state index in [9.17, 15) is 41.1 Å². The zero-order valence-corrected chi connectivity index (χ0v) is 33.1. The van der Waals surface area contributed by atoms with Gasteiger partial charge in [0.2, 0.25) is 0 Å². The number of nitriles is 1. The lowest BCUT2D eigenvalue weighted by atomic mass is 9.96. The van der Waals surface area contributed by atoms with Gasteiger partial charge in [-0.15, -0.1) is 0 Å². The Balaban J connectivity index is 0.000000197. The molecule has 0 radical (unpaired) electrons. The second-order valence-corrected chi connectivity index (χ2v) is 20.1. The molecule has 2 aliphatic carbocycles. The number of carbonyl (C=O) groups is 4. The number of hydrogen-bond acceptors (Lipinski definition) is 11. The van der Waals surface area contributed by atoms with Crippen LogP contribution < -0.4 is 5.32 Å². The molecule has 2 saturated carbocycles. The third kappa shape index (κ3) is 7.24. The Kier molecular flexibility index (Phi) is 10.00. The van der Waals surface area contributed by atoms with E-state index >= 15 is 0 Å². The second kappa shape index (κ2) is 13.9. The van der Waals surface area contributed by atoms with Gasteiger partial charge < -0.3 is 20.2 Å². The van der Waals surface area contributed by atoms with Gasteiger partial charge in [-0.1, -0.05) is 12.1 Å². The maximum Gasteiger partial charge on any atom is 0.356 e. The van der Waals surface area contributed by atoms with Crippen LogP contribution in [0.4, 0.5) is 0 Å². The van der Waals surface area contributed by atoms with Crippen LogP contribution in [-0.4, -0.2) is 122 Å². The fraction of sp³-hybridized carbons (Fsp3) is 0.528. The molecule has 2 fully saturated rings. The van der Waals surface area contributed by atoms with Gasteiger partial charge in [-0.05, 0) is 70.1 Å². The number of sulfone groups is 2. The Morgan fingerprint density at radius 1 is 0.818 bits per heavy atom. The number of amides is 3. The Hall–Kier alpha value is -5.09. The number of aromatic carboxylic acids is 1. The van der Waals surface area contributed by atoms with Gasteiger partial charge in [0.1, 0.15) is 11.4 Å². The number of nitrogens with zero attached hydrogens (tertiary/aromatic N) is 7. The monoisotopic (exact) mass is 796 g/mol. The largest absolute Gasteiger partial charge is 0.476 e. The first-order valence-corrected chi connectivity index (χ1v) is 21.6. The molecule has 3 aromatic rings. The maximum atomic E-state index is 13.3. The van der Waals surface area contributed by atoms with Crippen molar-refractivity contribution < 1.29 is 41.1 Å². The number of hydrogen-bond donors (Lipinski definition) is 2. The number of rotatable bonds is 10. The predicted molar refractivity (Wildman–Crippen MR) is 198 cm³/mol. The van der Waals surface area contributed by atoms with Crippen LogP contribution in [0.25, 0.3) is 0 Å². The number of carboxylic acid groups (broad SMARTS) is 1. The summed E-state index contributed by atoms with van der Waals surface area (Å²) in [6.07, 6.45) is 5.45. The molecular weight excluding hydrogens is 753 g/mol. The van der Waals surface area contributed by atoms with E-state index < -0.39 is 35.1 Å². The van der Waals surface area contributed by atoms with Gasteiger partial charge in [0.15, 0.2) is 31.1 Å². The molecule has 0 bridgehead atoms. The van der Waals surface area contributed by atoms with Gasteiger partial charge in [-0.25, -0.2) is 21.6 Å². The first-order valence-electron chi connectivity index (χ1n) is 17.8. The van der Waals surface area contributed by atoms with E-state index in [0.29, 0.717) is 60.9 Å². The molecule has 1 aromatic carbocycles. The molecule has 3 amide bonds. The molecule has 2 N–H and O–H groups in total. The fourth-order valence-corrected chi connectivity index (χ4v) is 9.94. The summed E-state index contributed by atoms with van der Waals surface area (Å²) in [7, 11) is -3.37. The van der Waals surface area contributed by atoms with Crippen LogP contribution >= 0.6 is 0 Å². The van der Waals surface area contributed by atoms with Crippen LogP contribution in [0.5, 0.6) is 0 Å². The topological polar surface area (TPSA) is 235 Å². The minimum absolute atomic E-state index is 0.105. The van der Waals surface area contributed by atoms with Crippen LogP contribution in [0.2, 0.25) is 0 Å². The normalized spacial score (nSPS) is 20.7. The van der Waals surface area contributed by atoms with Crippen molar-refractivity contribution in [2.24, 2.45) is 14.1 Å². The van der Waals surface area contributed by atoms with Crippen molar-refractivity contribution in [2.45, 2.75) is 80.5 Å². The molecule has 294 valence electrons. The molecule has 0 saturated heterocycles. The number of nitrogens with one attached hydrogen (secondary N) is 1. The average Bonchev–Trinajstić information content (AvgIpc) is 4.02. The maximum absolute atomic E-state index is 13.3. The predicted octanol–water partition coefficient (Wildman–Crippen LogP) is 1.27. The van der Waals surface area contributed by atoms with Crippen molar-refractivity contribution in [2.75, 3.05) is 25.6 Å². The van der Waals surface area contributed by atoms with E-state index in [1.165, 1.54) is 28.9 Å². The van der Waals surface area contributed by atoms with Crippen molar-refractivity contribution in [3.63, 3.8) is 0 Å². The van der Waals surface area contributed by atoms with Crippen molar-refractivity contribution in [3.8, 4) is 6.07 Å². The van der Waals surface area contributed by atoms with E-state index in [4.69, 9.17) is 5.26 Å². The van der Waals surface area contributed by atoms with E-state index in [-0.39, 0.29) is 66.5 Å². The van der Waals surface area contributed by atoms with E-state index in [2.05, 4.69) is 21.6 Å². The smallest absolute Gasteiger partial charge is 0.356 e. The number of carbonyl (C=O) groups excluding carboxylic acids is 3. The highest BCUT2D eigenvalue weighted by atomic mass is 32.2. The molecule has 2 atom stereocenters. The van der Waals surface area contributed by atoms with Gasteiger partial charge in [0.25, 0.3) is 17.7 Å². The SMILES string of the molecule is CC1Cc2c(C(=O)NCc3ccc(C#N)cc3)nn(C)c2C(=O)N1CC1(S(C)(=O)=O)CC1.CC1Cc2c(C(=O)O)nn(C)c2C(=O)N1CC1(S(C)(=O)=O)CC1. The first-order chi connectivity index (χ1) is 25.6. The van der Waals surface area contributed by atoms with Gasteiger partial charge >= 0.3 is 5.97 Å². The number of aryl methyl sites for hydroxylation is 2. The van der Waals surface area contributed by atoms with E-state index in [0.717, 1.165) is 5.56 Å². The summed E-state index contributed by atoms with van der Waals surface area (Å²) in [5, 5.41) is 29.2. The summed E-state index contributed by atoms with van der Waals surface area (Å²) in [5.41, 5.74) is 3.07. The summed E-state index contributed by atoms with van der Waals surface area (Å²) < 4.78 is 49.4. The Bertz CT molecular complexity index is 2370. The lowest BCUT2D eigenvalue weighted by Gasteiger charge is -2.35. The zero-order valence-electron chi connectivity index (χ0n) is 31.5. The lowest BCUT2D eigenvalue weighted by Crippen LogP contribution is -2.50. The van der Waals surface area contributed by atoms with E-state index in [1.807, 2.05) is 6.92 Å². The molecule has 2 aromatic heterocycles. The number of aromatic nitrogens is 4. The summed E-state index contributed by atoms with van der Waals surface area (Å²) in [4.78, 5) is 53.3. The van der Waals surface area contributed by atoms with E-state index in [1.54, 1.807) is 48.0 Å². The number of carboxylic acids is 1. The van der Waals surface area contributed by atoms with Gasteiger partial charge in [-0.2, -0.15) is 15.5 Å². The van der Waals surface area contributed by atoms with Crippen LogP contribution in [0.1, 0.15) is 104 Å². The minimum Gasteiger partial charge on any atom is -0.476 e. The molecule has 4 heterocycles. The third-order valence-electron chi connectivity index (χ3n) is 11.3. The fourth-order valence-electron chi connectivity index (χ4n) is 7.51. The van der Waals surface area contributed by atoms with Gasteiger partial charge in [0, 0.05) is 69.5 Å². The second-order valence-electron chi connectivity index (χ2n) is 15.3. The molecule has 19 heteroatoms. The lowest BCUT2D eigenvalue weighted by molar-refractivity contribution is 0.0639. The van der Waals surface area contributed by atoms with Crippen molar-refractivity contribution in [1.82, 2.24) is 34.7 Å². The Labute approximate surface area is 319 Å². The number of fused-ring (bicyclic) bond motifs is 2. The van der Waals surface area contributed by atoms with Crippen molar-refractivity contribution >= 4 is 43.4 Å². The summed E-state index contributed by atoms with van der Waals surface area (Å²) >= 11 is 0. The van der Waals surface area contributed by atoms with Crippen LogP contribution in [0.15, 0.2) is 24.3 Å². The quantitative estimate of drug-likeness (QED) is 0.295. The Morgan fingerprint density at radius 2 is 1.24 bits per heavy atom. The summed E-state index contributed by atoms with van der Waals surface area (Å²) in [6.45, 7) is 4.25. The van der Waals surface area contributed by atoms with Gasteiger partial charge in [-0.3, -0.25) is 23.7 Å². The summed E-state index contributed by atoms with van der Waals surface area (Å²) in [5.74, 6) is -2.19. The molecular formula is C36H44N8O9S2. The highest BCUT2D eigenvalue weighted by molar-refractivity contribution is 7.92. The number of benzene rings is 1. The average molecular weight is 797 g/mol. The van der Waals surface area contributed by atoms with Crippen molar-refractivity contribution in [1.29, 1.82) is 5.26 Å². The molecule has 2 aliphatic heterocycles. The van der Waals surface area contributed by atoms with Crippen LogP contribution in [0.3, 0.4) is 0 Å².